The summed E-state index contributed by atoms with van der Waals surface area (Å²) in [7, 11) is 0. The van der Waals surface area contributed by atoms with E-state index < -0.39 is 15.5 Å². The van der Waals surface area contributed by atoms with Gasteiger partial charge in [-0.2, -0.15) is 0 Å². The van der Waals surface area contributed by atoms with Crippen LogP contribution in [-0.2, 0) is 5.00 Å². The van der Waals surface area contributed by atoms with E-state index in [4.69, 9.17) is 27.5 Å². The zero-order chi connectivity index (χ0) is 17.8. The Morgan fingerprint density at radius 1 is 1.29 bits per heavy atom. The first-order valence-corrected chi connectivity index (χ1v) is 8.06. The maximum absolute atomic E-state index is 12.0. The summed E-state index contributed by atoms with van der Waals surface area (Å²) in [6, 6.07) is 6.81. The first-order valence-electron chi connectivity index (χ1n) is 7.68. The fourth-order valence-corrected chi connectivity index (χ4v) is 3.53. The summed E-state index contributed by atoms with van der Waals surface area (Å²) in [4.78, 5) is 14.1. The molecule has 8 nitrogen and oxygen atoms in total. The molecule has 0 amide bonds. The van der Waals surface area contributed by atoms with E-state index in [0.717, 1.165) is 0 Å². The molecule has 1 aromatic carbocycles. The molecule has 2 atom stereocenters. The van der Waals surface area contributed by atoms with Crippen LogP contribution in [0.25, 0.3) is 0 Å². The molecular formula is C15H21ClN4O4. The van der Waals surface area contributed by atoms with E-state index in [0.29, 0.717) is 17.7 Å². The number of nitrogens with zero attached hydrogens (tertiary/aromatic N) is 2. The fourth-order valence-electron chi connectivity index (χ4n) is 3.01. The second-order valence-electron chi connectivity index (χ2n) is 5.62. The number of para-hydroxylation sites is 1. The van der Waals surface area contributed by atoms with Crippen LogP contribution in [0.3, 0.4) is 0 Å². The highest BCUT2D eigenvalue weighted by molar-refractivity contribution is 6.28. The predicted molar refractivity (Wildman–Crippen MR) is 91.0 cm³/mol. The Bertz CT molecular complexity index is 642. The van der Waals surface area contributed by atoms with Crippen molar-refractivity contribution < 1.29 is 15.1 Å². The average molecular weight is 357 g/mol. The number of nitro groups is 1. The Labute approximate surface area is 144 Å². The number of nitrogens with two attached hydrogens (primary N) is 1. The number of amidine groups is 1. The van der Waals surface area contributed by atoms with Gasteiger partial charge in [0.25, 0.3) is 0 Å². The van der Waals surface area contributed by atoms with E-state index in [1.165, 1.54) is 0 Å². The second-order valence-corrected chi connectivity index (χ2v) is 6.19. The Balaban J connectivity index is 2.63. The standard InChI is InChI=1S/C15H21ClN4O4/c16-15(18-8-4-10-22)11-5-1-2-6-12(11)19-13(17)14(15,20(23)24)7-3-9-21/h1-2,5-6,18,21-22H,3-4,7-10H2,(H2,17,19). The third kappa shape index (κ3) is 2.86. The molecule has 0 bridgehead atoms. The number of hydrogen-bond donors (Lipinski definition) is 4. The molecule has 9 heteroatoms. The van der Waals surface area contributed by atoms with Crippen LogP contribution in [0.4, 0.5) is 5.69 Å². The lowest BCUT2D eigenvalue weighted by molar-refractivity contribution is -0.559. The van der Waals surface area contributed by atoms with E-state index >= 15 is 0 Å². The maximum Gasteiger partial charge on any atom is 0.313 e. The van der Waals surface area contributed by atoms with Gasteiger partial charge in [-0.1, -0.05) is 29.8 Å². The molecule has 0 saturated heterocycles. The molecule has 0 fully saturated rings. The van der Waals surface area contributed by atoms with Gasteiger partial charge in [0.05, 0.1) is 5.69 Å². The van der Waals surface area contributed by atoms with Crippen LogP contribution < -0.4 is 11.1 Å². The monoisotopic (exact) mass is 356 g/mol. The molecule has 1 heterocycles. The number of nitrogens with one attached hydrogen (secondary N) is 1. The van der Waals surface area contributed by atoms with Crippen LogP contribution in [0.15, 0.2) is 29.3 Å². The molecule has 5 N–H and O–H groups in total. The smallest absolute Gasteiger partial charge is 0.313 e. The zero-order valence-corrected chi connectivity index (χ0v) is 13.9. The minimum Gasteiger partial charge on any atom is -0.396 e. The van der Waals surface area contributed by atoms with Gasteiger partial charge in [0.1, 0.15) is 0 Å². The number of halogens is 1. The largest absolute Gasteiger partial charge is 0.396 e. The van der Waals surface area contributed by atoms with E-state index in [2.05, 4.69) is 10.3 Å². The number of alkyl halides is 1. The molecule has 0 aliphatic carbocycles. The topological polar surface area (TPSA) is 134 Å². The molecule has 2 unspecified atom stereocenters. The van der Waals surface area contributed by atoms with Crippen molar-refractivity contribution in [2.24, 2.45) is 10.7 Å². The Morgan fingerprint density at radius 3 is 2.58 bits per heavy atom. The Kier molecular flexibility index (Phi) is 5.76. The van der Waals surface area contributed by atoms with Crippen LogP contribution in [0.1, 0.15) is 24.8 Å². The Hall–Kier alpha value is -1.74. The quantitative estimate of drug-likeness (QED) is 0.179. The number of fused-ring (bicyclic) bond motifs is 1. The fraction of sp³-hybridized carbons (Fsp3) is 0.533. The zero-order valence-electron chi connectivity index (χ0n) is 13.1. The lowest BCUT2D eigenvalue weighted by Gasteiger charge is -2.43. The van der Waals surface area contributed by atoms with Gasteiger partial charge in [-0.05, 0) is 25.5 Å². The van der Waals surface area contributed by atoms with Gasteiger partial charge in [0.15, 0.2) is 10.8 Å². The van der Waals surface area contributed by atoms with Crippen molar-refractivity contribution in [2.75, 3.05) is 19.8 Å². The third-order valence-corrected chi connectivity index (χ3v) is 4.87. The first kappa shape index (κ1) is 18.6. The van der Waals surface area contributed by atoms with Crippen LogP contribution in [0.2, 0.25) is 0 Å². The number of aliphatic hydroxyl groups is 2. The number of rotatable bonds is 8. The summed E-state index contributed by atoms with van der Waals surface area (Å²) in [6.45, 7) is -0.0439. The van der Waals surface area contributed by atoms with Crippen molar-refractivity contribution in [1.29, 1.82) is 0 Å². The number of benzene rings is 1. The number of aliphatic hydroxyl groups excluding tert-OH is 2. The highest BCUT2D eigenvalue weighted by Gasteiger charge is 2.66. The van der Waals surface area contributed by atoms with Crippen molar-refractivity contribution in [3.8, 4) is 0 Å². The summed E-state index contributed by atoms with van der Waals surface area (Å²) in [5.74, 6) is -0.203. The van der Waals surface area contributed by atoms with Crippen molar-refractivity contribution in [3.63, 3.8) is 0 Å². The number of hydrogen-bond acceptors (Lipinski definition) is 7. The van der Waals surface area contributed by atoms with Crippen LogP contribution in [0, 0.1) is 10.1 Å². The molecule has 1 aromatic rings. The van der Waals surface area contributed by atoms with Crippen LogP contribution in [-0.4, -0.2) is 46.3 Å². The summed E-state index contributed by atoms with van der Waals surface area (Å²) in [6.07, 6.45) is 0.451. The third-order valence-electron chi connectivity index (χ3n) is 4.22. The minimum absolute atomic E-state index is 0.0736. The molecular weight excluding hydrogens is 336 g/mol. The van der Waals surface area contributed by atoms with E-state index in [1.54, 1.807) is 24.3 Å². The van der Waals surface area contributed by atoms with Gasteiger partial charge in [-0.15, -0.1) is 0 Å². The van der Waals surface area contributed by atoms with Gasteiger partial charge < -0.3 is 15.9 Å². The van der Waals surface area contributed by atoms with E-state index in [1.807, 2.05) is 0 Å². The van der Waals surface area contributed by atoms with Gasteiger partial charge in [-0.3, -0.25) is 15.4 Å². The Morgan fingerprint density at radius 2 is 1.96 bits per heavy atom. The second kappa shape index (κ2) is 7.43. The normalized spacial score (nSPS) is 25.9. The molecule has 24 heavy (non-hydrogen) atoms. The summed E-state index contributed by atoms with van der Waals surface area (Å²) < 4.78 is 0. The van der Waals surface area contributed by atoms with Gasteiger partial charge in [0.2, 0.25) is 0 Å². The molecule has 2 rings (SSSR count). The minimum atomic E-state index is -1.90. The van der Waals surface area contributed by atoms with Crippen LogP contribution >= 0.6 is 11.6 Å². The highest BCUT2D eigenvalue weighted by Crippen LogP contribution is 2.49. The molecule has 0 saturated carbocycles. The summed E-state index contributed by atoms with van der Waals surface area (Å²) in [5, 5.41) is 33.2. The maximum atomic E-state index is 12.0. The van der Waals surface area contributed by atoms with Gasteiger partial charge in [0, 0.05) is 30.1 Å². The van der Waals surface area contributed by atoms with Gasteiger partial charge in [-0.25, -0.2) is 4.99 Å². The highest BCUT2D eigenvalue weighted by atomic mass is 35.5. The summed E-state index contributed by atoms with van der Waals surface area (Å²) in [5.41, 5.74) is 5.01. The first-order chi connectivity index (χ1) is 11.4. The van der Waals surface area contributed by atoms with Crippen molar-refractivity contribution in [3.05, 3.63) is 39.9 Å². The van der Waals surface area contributed by atoms with Crippen molar-refractivity contribution in [1.82, 2.24) is 5.32 Å². The predicted octanol–water partition coefficient (Wildman–Crippen LogP) is 0.841. The molecule has 0 radical (unpaired) electrons. The molecule has 1 aliphatic rings. The molecule has 1 aliphatic heterocycles. The average Bonchev–Trinajstić information content (AvgIpc) is 2.55. The van der Waals surface area contributed by atoms with Crippen molar-refractivity contribution in [2.45, 2.75) is 29.8 Å². The van der Waals surface area contributed by atoms with Crippen molar-refractivity contribution >= 4 is 23.1 Å². The number of aliphatic imine (C=N–C) groups is 1. The van der Waals surface area contributed by atoms with Gasteiger partial charge >= 0.3 is 5.54 Å². The SMILES string of the molecule is NC1=Nc2ccccc2C(Cl)(NCCCO)C1(CCCO)[N+](=O)[O-]. The summed E-state index contributed by atoms with van der Waals surface area (Å²) >= 11 is 6.81. The lowest BCUT2D eigenvalue weighted by Crippen LogP contribution is -2.68. The van der Waals surface area contributed by atoms with E-state index in [9.17, 15) is 10.1 Å². The molecule has 0 aromatic heterocycles. The molecule has 0 spiro atoms. The van der Waals surface area contributed by atoms with Crippen LogP contribution in [0.5, 0.6) is 0 Å². The molecule has 132 valence electrons. The van der Waals surface area contributed by atoms with E-state index in [-0.39, 0.29) is 38.4 Å². The lowest BCUT2D eigenvalue weighted by atomic mass is 9.77.